The molecular formula is C26H31N5O3. The number of pyridine rings is 1. The summed E-state index contributed by atoms with van der Waals surface area (Å²) in [6, 6.07) is 11.5. The summed E-state index contributed by atoms with van der Waals surface area (Å²) in [6.45, 7) is 3.00. The van der Waals surface area contributed by atoms with E-state index in [1.165, 1.54) is 12.0 Å². The number of fused-ring (bicyclic) bond motifs is 1. The minimum absolute atomic E-state index is 0.0784. The number of para-hydroxylation sites is 2. The number of likely N-dealkylation sites (tertiary alicyclic amines) is 2. The van der Waals surface area contributed by atoms with Crippen LogP contribution in [0.3, 0.4) is 0 Å². The van der Waals surface area contributed by atoms with Gasteiger partial charge in [-0.1, -0.05) is 12.1 Å². The third-order valence-corrected chi connectivity index (χ3v) is 7.02. The van der Waals surface area contributed by atoms with Gasteiger partial charge in [0.15, 0.2) is 0 Å². The lowest BCUT2D eigenvalue weighted by atomic mass is 9.89. The Morgan fingerprint density at radius 3 is 2.53 bits per heavy atom. The fourth-order valence-electron chi connectivity index (χ4n) is 5.04. The summed E-state index contributed by atoms with van der Waals surface area (Å²) in [6.07, 6.45) is 8.72. The highest BCUT2D eigenvalue weighted by molar-refractivity contribution is 6.00. The molecule has 4 heterocycles. The number of carbonyl (C=O) groups is 2. The van der Waals surface area contributed by atoms with E-state index in [1.54, 1.807) is 17.8 Å². The molecule has 0 aliphatic carbocycles. The second-order valence-electron chi connectivity index (χ2n) is 9.09. The quantitative estimate of drug-likeness (QED) is 0.625. The molecular weight excluding hydrogens is 430 g/mol. The zero-order valence-corrected chi connectivity index (χ0v) is 19.6. The number of aromatic nitrogens is 2. The Bertz CT molecular complexity index is 1180. The van der Waals surface area contributed by atoms with Crippen molar-refractivity contribution in [3.63, 3.8) is 0 Å². The van der Waals surface area contributed by atoms with Gasteiger partial charge in [-0.25, -0.2) is 9.31 Å². The van der Waals surface area contributed by atoms with Crippen molar-refractivity contribution in [1.29, 1.82) is 0 Å². The van der Waals surface area contributed by atoms with Gasteiger partial charge in [0.05, 0.1) is 30.1 Å². The third kappa shape index (κ3) is 4.44. The number of urea groups is 1. The van der Waals surface area contributed by atoms with Crippen molar-refractivity contribution in [3.8, 4) is 5.75 Å². The topological polar surface area (TPSA) is 79.2 Å². The van der Waals surface area contributed by atoms with Crippen molar-refractivity contribution in [2.45, 2.75) is 38.0 Å². The average molecular weight is 462 g/mol. The smallest absolute Gasteiger partial charge is 0.321 e. The molecule has 2 fully saturated rings. The molecule has 5 rings (SSSR count). The summed E-state index contributed by atoms with van der Waals surface area (Å²) < 4.78 is 7.12. The highest BCUT2D eigenvalue weighted by Gasteiger charge is 2.26. The minimum atomic E-state index is -0.108. The number of nitrogens with zero attached hydrogens (tertiary/aromatic N) is 4. The van der Waals surface area contributed by atoms with Gasteiger partial charge < -0.3 is 19.9 Å². The van der Waals surface area contributed by atoms with Crippen molar-refractivity contribution in [2.24, 2.45) is 0 Å². The maximum Gasteiger partial charge on any atom is 0.321 e. The van der Waals surface area contributed by atoms with Crippen LogP contribution in [-0.4, -0.2) is 64.6 Å². The van der Waals surface area contributed by atoms with Gasteiger partial charge in [-0.2, -0.15) is 5.10 Å². The van der Waals surface area contributed by atoms with Crippen LogP contribution in [0.4, 0.5) is 10.5 Å². The lowest BCUT2D eigenvalue weighted by Gasteiger charge is -2.32. The van der Waals surface area contributed by atoms with E-state index in [9.17, 15) is 9.59 Å². The Morgan fingerprint density at radius 2 is 1.76 bits per heavy atom. The molecule has 0 spiro atoms. The molecule has 3 amide bonds. The third-order valence-electron chi connectivity index (χ3n) is 7.02. The maximum atomic E-state index is 13.1. The number of ether oxygens (including phenoxy) is 1. The molecule has 8 heteroatoms. The van der Waals surface area contributed by atoms with Crippen molar-refractivity contribution >= 4 is 23.1 Å². The van der Waals surface area contributed by atoms with Crippen LogP contribution in [0, 0.1) is 0 Å². The lowest BCUT2D eigenvalue weighted by molar-refractivity contribution is 0.0726. The van der Waals surface area contributed by atoms with Crippen LogP contribution in [-0.2, 0) is 0 Å². The molecule has 0 atom stereocenters. The Morgan fingerprint density at radius 1 is 1.00 bits per heavy atom. The lowest BCUT2D eigenvalue weighted by Crippen LogP contribution is -2.40. The van der Waals surface area contributed by atoms with Gasteiger partial charge in [0, 0.05) is 32.4 Å². The second kappa shape index (κ2) is 9.75. The number of carbonyl (C=O) groups excluding carboxylic acids is 2. The number of rotatable bonds is 4. The first kappa shape index (κ1) is 22.3. The normalized spacial score (nSPS) is 17.1. The zero-order chi connectivity index (χ0) is 23.5. The summed E-state index contributed by atoms with van der Waals surface area (Å²) in [4.78, 5) is 29.7. The van der Waals surface area contributed by atoms with Crippen LogP contribution in [0.2, 0.25) is 0 Å². The molecule has 2 aromatic heterocycles. The van der Waals surface area contributed by atoms with Gasteiger partial charge in [0.1, 0.15) is 5.75 Å². The van der Waals surface area contributed by atoms with E-state index in [1.807, 2.05) is 40.3 Å². The fourth-order valence-corrected chi connectivity index (χ4v) is 5.04. The van der Waals surface area contributed by atoms with Crippen LogP contribution in [0.5, 0.6) is 5.75 Å². The number of hydrogen-bond donors (Lipinski definition) is 1. The Hall–Kier alpha value is -3.55. The summed E-state index contributed by atoms with van der Waals surface area (Å²) in [5.41, 5.74) is 3.42. The number of hydrogen-bond acceptors (Lipinski definition) is 4. The van der Waals surface area contributed by atoms with Crippen LogP contribution in [0.15, 0.2) is 48.8 Å². The number of nitrogens with one attached hydrogen (secondary N) is 1. The zero-order valence-electron chi connectivity index (χ0n) is 19.6. The highest BCUT2D eigenvalue weighted by atomic mass is 16.5. The molecule has 3 aromatic rings. The molecule has 0 unspecified atom stereocenters. The van der Waals surface area contributed by atoms with E-state index < -0.39 is 0 Å². The van der Waals surface area contributed by atoms with Crippen molar-refractivity contribution in [1.82, 2.24) is 19.4 Å². The summed E-state index contributed by atoms with van der Waals surface area (Å²) in [5, 5.41) is 7.37. The van der Waals surface area contributed by atoms with Crippen molar-refractivity contribution < 1.29 is 14.3 Å². The van der Waals surface area contributed by atoms with Crippen molar-refractivity contribution in [3.05, 3.63) is 59.9 Å². The van der Waals surface area contributed by atoms with Gasteiger partial charge in [-0.05, 0) is 67.9 Å². The summed E-state index contributed by atoms with van der Waals surface area (Å²) >= 11 is 0. The Balaban J connectivity index is 1.25. The predicted molar refractivity (Wildman–Crippen MR) is 131 cm³/mol. The largest absolute Gasteiger partial charge is 0.495 e. The molecule has 8 nitrogen and oxygen atoms in total. The highest BCUT2D eigenvalue weighted by Crippen LogP contribution is 2.31. The SMILES string of the molecule is COc1ccccc1NC(=O)N1CCC(c2ccn3ncc(C(=O)N4CCCCC4)c3c2)CC1. The predicted octanol–water partition coefficient (Wildman–Crippen LogP) is 4.38. The molecule has 178 valence electrons. The van der Waals surface area contributed by atoms with Crippen LogP contribution >= 0.6 is 0 Å². The van der Waals surface area contributed by atoms with E-state index in [0.717, 1.165) is 44.3 Å². The van der Waals surface area contributed by atoms with E-state index in [-0.39, 0.29) is 11.9 Å². The Labute approximate surface area is 199 Å². The Kier molecular flexibility index (Phi) is 6.38. The first-order valence-electron chi connectivity index (χ1n) is 12.1. The fraction of sp³-hybridized carbons (Fsp3) is 0.423. The number of methoxy groups -OCH3 is 1. The molecule has 2 aliphatic rings. The molecule has 2 saturated heterocycles. The maximum absolute atomic E-state index is 13.1. The van der Waals surface area contributed by atoms with Crippen LogP contribution in [0.25, 0.3) is 5.52 Å². The molecule has 0 radical (unpaired) electrons. The van der Waals surface area contributed by atoms with E-state index >= 15 is 0 Å². The summed E-state index contributed by atoms with van der Waals surface area (Å²) in [5.74, 6) is 1.07. The molecule has 1 aromatic carbocycles. The van der Waals surface area contributed by atoms with Gasteiger partial charge in [-0.3, -0.25) is 4.79 Å². The van der Waals surface area contributed by atoms with Gasteiger partial charge in [0.25, 0.3) is 5.91 Å². The van der Waals surface area contributed by atoms with E-state index in [4.69, 9.17) is 4.74 Å². The van der Waals surface area contributed by atoms with Crippen LogP contribution < -0.4 is 10.1 Å². The van der Waals surface area contributed by atoms with Gasteiger partial charge in [-0.15, -0.1) is 0 Å². The number of piperidine rings is 2. The van der Waals surface area contributed by atoms with E-state index in [0.29, 0.717) is 36.0 Å². The van der Waals surface area contributed by atoms with Gasteiger partial charge >= 0.3 is 6.03 Å². The first-order chi connectivity index (χ1) is 16.6. The standard InChI is InChI=1S/C26H31N5O3/c1-34-24-8-4-3-7-22(24)28-26(33)30-14-9-19(10-15-30)20-11-16-31-23(17-20)21(18-27-31)25(32)29-12-5-2-6-13-29/h3-4,7-8,11,16-19H,2,5-6,9-10,12-15H2,1H3,(H,28,33). The number of amides is 3. The van der Waals surface area contributed by atoms with Crippen molar-refractivity contribution in [2.75, 3.05) is 38.6 Å². The van der Waals surface area contributed by atoms with Crippen LogP contribution in [0.1, 0.15) is 53.9 Å². The monoisotopic (exact) mass is 461 g/mol. The molecule has 1 N–H and O–H groups in total. The minimum Gasteiger partial charge on any atom is -0.495 e. The molecule has 34 heavy (non-hydrogen) atoms. The number of benzene rings is 1. The molecule has 0 saturated carbocycles. The average Bonchev–Trinajstić information content (AvgIpc) is 3.32. The first-order valence-corrected chi connectivity index (χ1v) is 12.1. The number of anilines is 1. The summed E-state index contributed by atoms with van der Waals surface area (Å²) in [7, 11) is 1.60. The van der Waals surface area contributed by atoms with E-state index in [2.05, 4.69) is 22.5 Å². The second-order valence-corrected chi connectivity index (χ2v) is 9.09. The molecule has 0 bridgehead atoms. The van der Waals surface area contributed by atoms with Gasteiger partial charge in [0.2, 0.25) is 0 Å². The molecule has 2 aliphatic heterocycles.